The summed E-state index contributed by atoms with van der Waals surface area (Å²) in [6, 6.07) is 25.0. The highest BCUT2D eigenvalue weighted by atomic mass is 16.5. The van der Waals surface area contributed by atoms with Gasteiger partial charge in [0.2, 0.25) is 11.8 Å². The average molecular weight is 387 g/mol. The van der Waals surface area contributed by atoms with E-state index in [1.807, 2.05) is 78.9 Å². The molecule has 1 atom stereocenters. The molecule has 0 bridgehead atoms. The average Bonchev–Trinajstić information content (AvgIpc) is 3.28. The standard InChI is InChI=1S/C23H21N3O3/c1-27-19-14-13-18(15-20(19)28-2)24-21(16-9-5-3-6-10-16)23-26-25-22(29-23)17-11-7-4-8-12-17/h3-15,21,24H,1-2H3/t21-/m1/s1. The van der Waals surface area contributed by atoms with Crippen LogP contribution in [0.2, 0.25) is 0 Å². The Morgan fingerprint density at radius 3 is 2.17 bits per heavy atom. The summed E-state index contributed by atoms with van der Waals surface area (Å²) in [5.41, 5.74) is 2.73. The van der Waals surface area contributed by atoms with Gasteiger partial charge in [-0.2, -0.15) is 0 Å². The largest absolute Gasteiger partial charge is 0.493 e. The minimum Gasteiger partial charge on any atom is -0.493 e. The molecule has 1 heterocycles. The first-order valence-corrected chi connectivity index (χ1v) is 9.21. The topological polar surface area (TPSA) is 69.4 Å². The molecule has 0 aliphatic carbocycles. The zero-order valence-electron chi connectivity index (χ0n) is 16.2. The van der Waals surface area contributed by atoms with E-state index in [0.29, 0.717) is 23.3 Å². The number of hydrogen-bond acceptors (Lipinski definition) is 6. The fourth-order valence-electron chi connectivity index (χ4n) is 3.07. The normalized spacial score (nSPS) is 11.7. The number of aromatic nitrogens is 2. The van der Waals surface area contributed by atoms with Crippen molar-refractivity contribution in [3.63, 3.8) is 0 Å². The molecule has 1 N–H and O–H groups in total. The van der Waals surface area contributed by atoms with Crippen LogP contribution in [-0.4, -0.2) is 24.4 Å². The molecule has 0 radical (unpaired) electrons. The summed E-state index contributed by atoms with van der Waals surface area (Å²) in [6.07, 6.45) is 0. The van der Waals surface area contributed by atoms with Gasteiger partial charge in [0, 0.05) is 17.3 Å². The van der Waals surface area contributed by atoms with Gasteiger partial charge in [-0.3, -0.25) is 0 Å². The zero-order valence-corrected chi connectivity index (χ0v) is 16.2. The monoisotopic (exact) mass is 387 g/mol. The molecule has 0 fully saturated rings. The first-order valence-electron chi connectivity index (χ1n) is 9.21. The van der Waals surface area contributed by atoms with Crippen LogP contribution in [-0.2, 0) is 0 Å². The summed E-state index contributed by atoms with van der Waals surface area (Å²) in [5, 5.41) is 12.0. The molecule has 0 aliphatic rings. The fourth-order valence-corrected chi connectivity index (χ4v) is 3.07. The van der Waals surface area contributed by atoms with Crippen molar-refractivity contribution in [3.8, 4) is 23.0 Å². The van der Waals surface area contributed by atoms with Gasteiger partial charge >= 0.3 is 0 Å². The predicted molar refractivity (Wildman–Crippen MR) is 111 cm³/mol. The highest BCUT2D eigenvalue weighted by Crippen LogP contribution is 2.33. The molecule has 0 aliphatic heterocycles. The van der Waals surface area contributed by atoms with Gasteiger partial charge in [0.05, 0.1) is 14.2 Å². The molecule has 4 aromatic rings. The molecule has 0 saturated carbocycles. The Morgan fingerprint density at radius 2 is 1.48 bits per heavy atom. The second-order valence-electron chi connectivity index (χ2n) is 6.37. The van der Waals surface area contributed by atoms with Crippen LogP contribution in [0.5, 0.6) is 11.5 Å². The maximum absolute atomic E-state index is 6.02. The SMILES string of the molecule is COc1ccc(N[C@H](c2ccccc2)c2nnc(-c3ccccc3)o2)cc1OC. The second kappa shape index (κ2) is 8.48. The minimum absolute atomic E-state index is 0.320. The van der Waals surface area contributed by atoms with Crippen molar-refractivity contribution in [2.75, 3.05) is 19.5 Å². The molecular weight excluding hydrogens is 366 g/mol. The van der Waals surface area contributed by atoms with E-state index in [1.54, 1.807) is 14.2 Å². The second-order valence-corrected chi connectivity index (χ2v) is 6.37. The Labute approximate surface area is 169 Å². The first-order chi connectivity index (χ1) is 14.3. The van der Waals surface area contributed by atoms with Crippen molar-refractivity contribution in [1.82, 2.24) is 10.2 Å². The van der Waals surface area contributed by atoms with Crippen molar-refractivity contribution in [2.24, 2.45) is 0 Å². The first kappa shape index (κ1) is 18.6. The smallest absolute Gasteiger partial charge is 0.247 e. The molecule has 146 valence electrons. The van der Waals surface area contributed by atoms with Crippen LogP contribution >= 0.6 is 0 Å². The lowest BCUT2D eigenvalue weighted by Gasteiger charge is -2.18. The Kier molecular flexibility index (Phi) is 5.42. The van der Waals surface area contributed by atoms with E-state index in [4.69, 9.17) is 13.9 Å². The number of methoxy groups -OCH3 is 2. The maximum atomic E-state index is 6.02. The summed E-state index contributed by atoms with van der Waals surface area (Å²) in [4.78, 5) is 0. The van der Waals surface area contributed by atoms with Crippen LogP contribution in [0.4, 0.5) is 5.69 Å². The number of nitrogens with zero attached hydrogens (tertiary/aromatic N) is 2. The summed E-state index contributed by atoms with van der Waals surface area (Å²) >= 11 is 0. The van der Waals surface area contributed by atoms with Gasteiger partial charge in [0.15, 0.2) is 11.5 Å². The number of ether oxygens (including phenoxy) is 2. The van der Waals surface area contributed by atoms with Crippen LogP contribution in [0, 0.1) is 0 Å². The van der Waals surface area contributed by atoms with Crippen molar-refractivity contribution in [1.29, 1.82) is 0 Å². The van der Waals surface area contributed by atoms with Crippen LogP contribution in [0.25, 0.3) is 11.5 Å². The molecule has 0 amide bonds. The van der Waals surface area contributed by atoms with Crippen LogP contribution in [0.1, 0.15) is 17.5 Å². The van der Waals surface area contributed by atoms with Crippen molar-refractivity contribution in [3.05, 3.63) is 90.3 Å². The van der Waals surface area contributed by atoms with Gasteiger partial charge in [-0.15, -0.1) is 10.2 Å². The highest BCUT2D eigenvalue weighted by Gasteiger charge is 2.22. The van der Waals surface area contributed by atoms with E-state index in [1.165, 1.54) is 0 Å². The molecule has 4 rings (SSSR count). The summed E-state index contributed by atoms with van der Waals surface area (Å²) < 4.78 is 16.8. The Balaban J connectivity index is 1.69. The molecule has 6 nitrogen and oxygen atoms in total. The molecule has 1 aromatic heterocycles. The predicted octanol–water partition coefficient (Wildman–Crippen LogP) is 4.96. The summed E-state index contributed by atoms with van der Waals surface area (Å²) in [5.74, 6) is 2.26. The molecule has 6 heteroatoms. The van der Waals surface area contributed by atoms with E-state index < -0.39 is 0 Å². The van der Waals surface area contributed by atoms with E-state index in [0.717, 1.165) is 16.8 Å². The number of rotatable bonds is 7. The van der Waals surface area contributed by atoms with E-state index in [9.17, 15) is 0 Å². The van der Waals surface area contributed by atoms with Gasteiger partial charge in [0.1, 0.15) is 6.04 Å². The van der Waals surface area contributed by atoms with Crippen molar-refractivity contribution < 1.29 is 13.9 Å². The van der Waals surface area contributed by atoms with Gasteiger partial charge in [-0.25, -0.2) is 0 Å². The van der Waals surface area contributed by atoms with Crippen LogP contribution in [0.15, 0.2) is 83.3 Å². The fraction of sp³-hybridized carbons (Fsp3) is 0.130. The summed E-state index contributed by atoms with van der Waals surface area (Å²) in [6.45, 7) is 0. The van der Waals surface area contributed by atoms with Gasteiger partial charge in [0.25, 0.3) is 0 Å². The molecule has 3 aromatic carbocycles. The van der Waals surface area contributed by atoms with Crippen molar-refractivity contribution in [2.45, 2.75) is 6.04 Å². The van der Waals surface area contributed by atoms with Crippen molar-refractivity contribution >= 4 is 5.69 Å². The number of hydrogen-bond donors (Lipinski definition) is 1. The number of nitrogens with one attached hydrogen (secondary N) is 1. The molecule has 0 spiro atoms. The van der Waals surface area contributed by atoms with Crippen LogP contribution in [0.3, 0.4) is 0 Å². The minimum atomic E-state index is -0.320. The van der Waals surface area contributed by atoms with Crippen LogP contribution < -0.4 is 14.8 Å². The third-order valence-corrected chi connectivity index (χ3v) is 4.54. The highest BCUT2D eigenvalue weighted by molar-refractivity contribution is 5.57. The molecular formula is C23H21N3O3. The van der Waals surface area contributed by atoms with Gasteiger partial charge in [-0.1, -0.05) is 48.5 Å². The van der Waals surface area contributed by atoms with E-state index in [2.05, 4.69) is 15.5 Å². The third kappa shape index (κ3) is 4.06. The Hall–Kier alpha value is -3.80. The van der Waals surface area contributed by atoms with Gasteiger partial charge < -0.3 is 19.2 Å². The lowest BCUT2D eigenvalue weighted by Crippen LogP contribution is -2.13. The quantitative estimate of drug-likeness (QED) is 0.484. The molecule has 0 saturated heterocycles. The zero-order chi connectivity index (χ0) is 20.1. The lowest BCUT2D eigenvalue weighted by atomic mass is 10.1. The van der Waals surface area contributed by atoms with E-state index in [-0.39, 0.29) is 6.04 Å². The Morgan fingerprint density at radius 1 is 0.793 bits per heavy atom. The lowest BCUT2D eigenvalue weighted by molar-refractivity contribution is 0.355. The molecule has 0 unspecified atom stereocenters. The number of anilines is 1. The third-order valence-electron chi connectivity index (χ3n) is 4.54. The maximum Gasteiger partial charge on any atom is 0.247 e. The van der Waals surface area contributed by atoms with Gasteiger partial charge in [-0.05, 0) is 29.8 Å². The van der Waals surface area contributed by atoms with E-state index >= 15 is 0 Å². The number of benzene rings is 3. The summed E-state index contributed by atoms with van der Waals surface area (Å²) in [7, 11) is 3.22. The molecule has 29 heavy (non-hydrogen) atoms. The Bertz CT molecular complexity index is 1070.